The van der Waals surface area contributed by atoms with Gasteiger partial charge in [-0.05, 0) is 106 Å². The normalized spacial score (nSPS) is 16.2. The molecular formula is C18H17ClI2N2O3. The van der Waals surface area contributed by atoms with Gasteiger partial charge in [-0.25, -0.2) is 0 Å². The van der Waals surface area contributed by atoms with E-state index in [-0.39, 0.29) is 29.3 Å². The zero-order valence-corrected chi connectivity index (χ0v) is 18.7. The number of carbonyl (C=O) groups excluding carboxylic acids is 1. The maximum atomic E-state index is 11.6. The topological polar surface area (TPSA) is 81.6 Å². The number of phenols is 2. The third-order valence-corrected chi connectivity index (χ3v) is 6.27. The van der Waals surface area contributed by atoms with Gasteiger partial charge in [0, 0.05) is 13.2 Å². The average Bonchev–Trinajstić information content (AvgIpc) is 2.59. The van der Waals surface area contributed by atoms with E-state index in [9.17, 15) is 15.0 Å². The summed E-state index contributed by atoms with van der Waals surface area (Å²) in [6.45, 7) is 0.819. The van der Waals surface area contributed by atoms with Crippen molar-refractivity contribution in [3.8, 4) is 11.5 Å². The van der Waals surface area contributed by atoms with Crippen LogP contribution in [-0.4, -0.2) is 28.5 Å². The third-order valence-electron chi connectivity index (χ3n) is 4.32. The van der Waals surface area contributed by atoms with E-state index in [1.54, 1.807) is 12.1 Å². The van der Waals surface area contributed by atoms with Gasteiger partial charge in [0.15, 0.2) is 11.5 Å². The number of carbonyl (C=O) groups is 1. The van der Waals surface area contributed by atoms with Crippen LogP contribution in [0.1, 0.15) is 22.7 Å². The number of anilines is 1. The van der Waals surface area contributed by atoms with Crippen LogP contribution in [0.15, 0.2) is 24.3 Å². The molecule has 1 aliphatic heterocycles. The Labute approximate surface area is 183 Å². The van der Waals surface area contributed by atoms with Crippen molar-refractivity contribution >= 4 is 68.4 Å². The molecular weight excluding hydrogens is 581 g/mol. The van der Waals surface area contributed by atoms with Crippen LogP contribution in [0.4, 0.5) is 5.69 Å². The van der Waals surface area contributed by atoms with Crippen molar-refractivity contribution in [1.29, 1.82) is 0 Å². The molecule has 0 bridgehead atoms. The molecule has 0 aliphatic carbocycles. The standard InChI is InChI=1S/C18H17ClI2N2O3/c19-8-17(26)23-18-12(20)3-9(4-13(18)21)5-14-11-7-16(25)15(24)6-10(11)1-2-22-14/h3-4,6-7,14,22,24-25H,1-2,5,8H2,(H,23,26)/t14-/m0/s1. The smallest absolute Gasteiger partial charge is 0.239 e. The summed E-state index contributed by atoms with van der Waals surface area (Å²) >= 11 is 9.99. The van der Waals surface area contributed by atoms with Gasteiger partial charge in [-0.3, -0.25) is 4.79 Å². The summed E-state index contributed by atoms with van der Waals surface area (Å²) < 4.78 is 1.90. The van der Waals surface area contributed by atoms with E-state index in [4.69, 9.17) is 11.6 Å². The first-order valence-corrected chi connectivity index (χ1v) is 10.7. The van der Waals surface area contributed by atoms with Crippen LogP contribution in [-0.2, 0) is 17.6 Å². The van der Waals surface area contributed by atoms with Gasteiger partial charge in [0.25, 0.3) is 0 Å². The number of fused-ring (bicyclic) bond motifs is 1. The maximum Gasteiger partial charge on any atom is 0.239 e. The summed E-state index contributed by atoms with van der Waals surface area (Å²) in [5, 5.41) is 25.9. The van der Waals surface area contributed by atoms with Gasteiger partial charge < -0.3 is 20.8 Å². The monoisotopic (exact) mass is 598 g/mol. The number of amides is 1. The molecule has 0 saturated carbocycles. The molecule has 1 heterocycles. The number of nitrogens with one attached hydrogen (secondary N) is 2. The van der Waals surface area contributed by atoms with Crippen LogP contribution >= 0.6 is 56.8 Å². The Kier molecular flexibility index (Phi) is 6.52. The summed E-state index contributed by atoms with van der Waals surface area (Å²) in [7, 11) is 0. The lowest BCUT2D eigenvalue weighted by atomic mass is 9.90. The van der Waals surface area contributed by atoms with Gasteiger partial charge in [0.05, 0.1) is 5.69 Å². The van der Waals surface area contributed by atoms with Gasteiger partial charge in [-0.2, -0.15) is 0 Å². The Hall–Kier alpha value is -0.780. The highest BCUT2D eigenvalue weighted by molar-refractivity contribution is 14.1. The molecule has 8 heteroatoms. The van der Waals surface area contributed by atoms with Crippen LogP contribution in [0.2, 0.25) is 0 Å². The lowest BCUT2D eigenvalue weighted by molar-refractivity contribution is -0.113. The number of halogens is 3. The van der Waals surface area contributed by atoms with Crippen molar-refractivity contribution in [1.82, 2.24) is 5.32 Å². The zero-order valence-electron chi connectivity index (χ0n) is 13.7. The van der Waals surface area contributed by atoms with Gasteiger partial charge in [0.1, 0.15) is 5.88 Å². The second kappa shape index (κ2) is 8.49. The second-order valence-electron chi connectivity index (χ2n) is 6.12. The van der Waals surface area contributed by atoms with Gasteiger partial charge in [-0.1, -0.05) is 0 Å². The molecule has 1 atom stereocenters. The summed E-state index contributed by atoms with van der Waals surface area (Å²) in [4.78, 5) is 11.6. The molecule has 138 valence electrons. The highest BCUT2D eigenvalue weighted by atomic mass is 127. The Bertz CT molecular complexity index is 838. The number of aromatic hydroxyl groups is 2. The SMILES string of the molecule is O=C(CCl)Nc1c(I)cc(C[C@@H]2NCCc3cc(O)c(O)cc32)cc1I. The fraction of sp³-hybridized carbons (Fsp3) is 0.278. The summed E-state index contributed by atoms with van der Waals surface area (Å²) in [6, 6.07) is 7.44. The lowest BCUT2D eigenvalue weighted by Crippen LogP contribution is -2.31. The Morgan fingerprint density at radius 1 is 1.19 bits per heavy atom. The third kappa shape index (κ3) is 4.37. The van der Waals surface area contributed by atoms with Crippen molar-refractivity contribution in [2.45, 2.75) is 18.9 Å². The van der Waals surface area contributed by atoms with E-state index >= 15 is 0 Å². The molecule has 0 fully saturated rings. The Morgan fingerprint density at radius 3 is 2.50 bits per heavy atom. The minimum Gasteiger partial charge on any atom is -0.504 e. The number of hydrogen-bond donors (Lipinski definition) is 4. The van der Waals surface area contributed by atoms with E-state index in [2.05, 4.69) is 55.8 Å². The van der Waals surface area contributed by atoms with Crippen LogP contribution < -0.4 is 10.6 Å². The van der Waals surface area contributed by atoms with Crippen LogP contribution in [0.3, 0.4) is 0 Å². The number of benzene rings is 2. The molecule has 0 radical (unpaired) electrons. The summed E-state index contributed by atoms with van der Waals surface area (Å²) in [5.74, 6) is -0.477. The predicted molar refractivity (Wildman–Crippen MR) is 119 cm³/mol. The largest absolute Gasteiger partial charge is 0.504 e. The number of rotatable bonds is 4. The molecule has 1 aliphatic rings. The highest BCUT2D eigenvalue weighted by Gasteiger charge is 2.23. The molecule has 0 spiro atoms. The molecule has 5 nitrogen and oxygen atoms in total. The zero-order chi connectivity index (χ0) is 18.8. The molecule has 3 rings (SSSR count). The first kappa shape index (κ1) is 20.0. The maximum absolute atomic E-state index is 11.6. The van der Waals surface area contributed by atoms with Gasteiger partial charge in [0.2, 0.25) is 5.91 Å². The van der Waals surface area contributed by atoms with Crippen LogP contribution in [0.5, 0.6) is 11.5 Å². The van der Waals surface area contributed by atoms with Crippen LogP contribution in [0, 0.1) is 7.14 Å². The lowest BCUT2D eigenvalue weighted by Gasteiger charge is -2.28. The van der Waals surface area contributed by atoms with Crippen molar-refractivity contribution in [2.75, 3.05) is 17.7 Å². The average molecular weight is 599 g/mol. The number of alkyl halides is 1. The molecule has 26 heavy (non-hydrogen) atoms. The number of hydrogen-bond acceptors (Lipinski definition) is 4. The second-order valence-corrected chi connectivity index (χ2v) is 8.71. The highest BCUT2D eigenvalue weighted by Crippen LogP contribution is 2.36. The Balaban J connectivity index is 1.87. The molecule has 4 N–H and O–H groups in total. The van der Waals surface area contributed by atoms with Crippen molar-refractivity contribution in [2.24, 2.45) is 0 Å². The van der Waals surface area contributed by atoms with Gasteiger partial charge >= 0.3 is 0 Å². The molecule has 1 amide bonds. The van der Waals surface area contributed by atoms with E-state index in [0.29, 0.717) is 0 Å². The minimum absolute atomic E-state index is 0.0557. The predicted octanol–water partition coefficient (Wildman–Crippen LogP) is 3.91. The van der Waals surface area contributed by atoms with E-state index in [1.807, 2.05) is 12.1 Å². The first-order valence-electron chi connectivity index (χ1n) is 8.01. The van der Waals surface area contributed by atoms with Crippen LogP contribution in [0.25, 0.3) is 0 Å². The van der Waals surface area contributed by atoms with E-state index in [0.717, 1.165) is 48.9 Å². The number of phenolic OH excluding ortho intramolecular Hbond substituents is 2. The van der Waals surface area contributed by atoms with Crippen molar-refractivity contribution in [3.63, 3.8) is 0 Å². The minimum atomic E-state index is -0.228. The summed E-state index contributed by atoms with van der Waals surface area (Å²) in [6.07, 6.45) is 1.56. The van der Waals surface area contributed by atoms with Crippen molar-refractivity contribution in [3.05, 3.63) is 48.1 Å². The van der Waals surface area contributed by atoms with E-state index in [1.165, 1.54) is 0 Å². The molecule has 0 saturated heterocycles. The molecule has 0 unspecified atom stereocenters. The quantitative estimate of drug-likeness (QED) is 0.245. The molecule has 0 aromatic heterocycles. The first-order chi connectivity index (χ1) is 12.4. The van der Waals surface area contributed by atoms with Crippen molar-refractivity contribution < 1.29 is 15.0 Å². The van der Waals surface area contributed by atoms with Gasteiger partial charge in [-0.15, -0.1) is 11.6 Å². The fourth-order valence-corrected chi connectivity index (χ4v) is 5.36. The van der Waals surface area contributed by atoms with E-state index < -0.39 is 0 Å². The molecule has 2 aromatic carbocycles. The fourth-order valence-electron chi connectivity index (χ4n) is 3.12. The Morgan fingerprint density at radius 2 is 1.85 bits per heavy atom. The molecule has 2 aromatic rings. The summed E-state index contributed by atoms with van der Waals surface area (Å²) in [5.41, 5.74) is 3.97.